The van der Waals surface area contributed by atoms with Crippen molar-refractivity contribution in [1.82, 2.24) is 4.98 Å². The molecule has 0 aliphatic heterocycles. The molecule has 0 atom stereocenters. The van der Waals surface area contributed by atoms with Crippen LogP contribution in [0.15, 0.2) is 29.1 Å². The predicted octanol–water partition coefficient (Wildman–Crippen LogP) is 1.54. The molecule has 1 N–H and O–H groups in total. The van der Waals surface area contributed by atoms with Crippen molar-refractivity contribution in [3.63, 3.8) is 0 Å². The van der Waals surface area contributed by atoms with E-state index >= 15 is 0 Å². The molecular formula is C10H5FN2O. The van der Waals surface area contributed by atoms with Gasteiger partial charge >= 0.3 is 0 Å². The molecule has 1 aromatic carbocycles. The number of para-hydroxylation sites is 1. The van der Waals surface area contributed by atoms with Gasteiger partial charge in [-0.15, -0.1) is 0 Å². The summed E-state index contributed by atoms with van der Waals surface area (Å²) in [4.78, 5) is 13.3. The first-order chi connectivity index (χ1) is 6.72. The fraction of sp³-hybridized carbons (Fsp3) is 0. The van der Waals surface area contributed by atoms with Crippen LogP contribution in [0.2, 0.25) is 0 Å². The van der Waals surface area contributed by atoms with Crippen LogP contribution in [0.4, 0.5) is 4.39 Å². The van der Waals surface area contributed by atoms with Gasteiger partial charge in [0.15, 0.2) is 5.82 Å². The Bertz CT molecular complexity index is 595. The monoisotopic (exact) mass is 188 g/mol. The zero-order valence-electron chi connectivity index (χ0n) is 7.04. The Kier molecular flexibility index (Phi) is 1.79. The Morgan fingerprint density at radius 1 is 1.43 bits per heavy atom. The minimum atomic E-state index is -0.840. The van der Waals surface area contributed by atoms with Crippen LogP contribution in [0.1, 0.15) is 5.56 Å². The third kappa shape index (κ3) is 1.15. The van der Waals surface area contributed by atoms with Gasteiger partial charge in [-0.2, -0.15) is 5.26 Å². The van der Waals surface area contributed by atoms with Gasteiger partial charge in [0.1, 0.15) is 6.07 Å². The summed E-state index contributed by atoms with van der Waals surface area (Å²) in [6.07, 6.45) is 0. The number of rotatable bonds is 0. The highest BCUT2D eigenvalue weighted by Crippen LogP contribution is 2.14. The van der Waals surface area contributed by atoms with Crippen molar-refractivity contribution in [3.8, 4) is 6.07 Å². The van der Waals surface area contributed by atoms with Crippen LogP contribution in [0, 0.1) is 17.1 Å². The molecule has 0 fully saturated rings. The van der Waals surface area contributed by atoms with Crippen LogP contribution in [0.3, 0.4) is 0 Å². The second kappa shape index (κ2) is 2.96. The molecule has 0 aliphatic rings. The van der Waals surface area contributed by atoms with Crippen molar-refractivity contribution in [2.75, 3.05) is 0 Å². The molecule has 2 rings (SSSR count). The molecule has 0 spiro atoms. The summed E-state index contributed by atoms with van der Waals surface area (Å²) in [5.41, 5.74) is -0.0961. The van der Waals surface area contributed by atoms with Gasteiger partial charge in [0, 0.05) is 5.39 Å². The smallest absolute Gasteiger partial charge is 0.284 e. The van der Waals surface area contributed by atoms with E-state index in [1.165, 1.54) is 0 Å². The Labute approximate surface area is 78.4 Å². The van der Waals surface area contributed by atoms with Crippen molar-refractivity contribution in [3.05, 3.63) is 46.0 Å². The molecule has 2 aromatic rings. The highest BCUT2D eigenvalue weighted by molar-refractivity contribution is 5.83. The maximum absolute atomic E-state index is 12.9. The van der Waals surface area contributed by atoms with Gasteiger partial charge in [0.05, 0.1) is 11.1 Å². The highest BCUT2D eigenvalue weighted by atomic mass is 19.1. The number of hydrogen-bond donors (Lipinski definition) is 1. The molecule has 0 amide bonds. The number of hydrogen-bond acceptors (Lipinski definition) is 2. The van der Waals surface area contributed by atoms with E-state index in [1.807, 2.05) is 6.07 Å². The first kappa shape index (κ1) is 8.45. The van der Waals surface area contributed by atoms with Crippen LogP contribution in [0.25, 0.3) is 10.9 Å². The van der Waals surface area contributed by atoms with E-state index in [2.05, 4.69) is 4.98 Å². The average Bonchev–Trinajstić information content (AvgIpc) is 2.19. The van der Waals surface area contributed by atoms with E-state index in [4.69, 9.17) is 5.26 Å². The second-order valence-corrected chi connectivity index (χ2v) is 2.83. The van der Waals surface area contributed by atoms with Gasteiger partial charge < -0.3 is 4.98 Å². The van der Waals surface area contributed by atoms with E-state index in [9.17, 15) is 9.18 Å². The van der Waals surface area contributed by atoms with Crippen LogP contribution in [-0.4, -0.2) is 4.98 Å². The Morgan fingerprint density at radius 2 is 2.21 bits per heavy atom. The Morgan fingerprint density at radius 3 is 2.93 bits per heavy atom. The van der Waals surface area contributed by atoms with Gasteiger partial charge in [0.25, 0.3) is 5.56 Å². The van der Waals surface area contributed by atoms with Crippen molar-refractivity contribution in [2.45, 2.75) is 0 Å². The number of H-pyrrole nitrogens is 1. The Hall–Kier alpha value is -2.15. The van der Waals surface area contributed by atoms with Crippen LogP contribution in [-0.2, 0) is 0 Å². The fourth-order valence-corrected chi connectivity index (χ4v) is 1.30. The molecular weight excluding hydrogens is 183 g/mol. The summed E-state index contributed by atoms with van der Waals surface area (Å²) in [6, 6.07) is 7.88. The van der Waals surface area contributed by atoms with Crippen LogP contribution >= 0.6 is 0 Å². The summed E-state index contributed by atoms with van der Waals surface area (Å²) in [5.74, 6) is -0.840. The lowest BCUT2D eigenvalue weighted by atomic mass is 10.1. The lowest BCUT2D eigenvalue weighted by Crippen LogP contribution is -2.10. The first-order valence-corrected chi connectivity index (χ1v) is 3.94. The van der Waals surface area contributed by atoms with Gasteiger partial charge in [-0.05, 0) is 12.1 Å². The number of nitriles is 1. The fourth-order valence-electron chi connectivity index (χ4n) is 1.30. The number of nitrogens with one attached hydrogen (secondary N) is 1. The second-order valence-electron chi connectivity index (χ2n) is 2.83. The topological polar surface area (TPSA) is 56.6 Å². The van der Waals surface area contributed by atoms with Crippen LogP contribution < -0.4 is 5.56 Å². The molecule has 0 bridgehead atoms. The quantitative estimate of drug-likeness (QED) is 0.681. The van der Waals surface area contributed by atoms with Gasteiger partial charge in [0.2, 0.25) is 0 Å². The maximum atomic E-state index is 12.9. The number of nitrogens with zero attached hydrogens (tertiary/aromatic N) is 1. The number of pyridine rings is 1. The summed E-state index contributed by atoms with van der Waals surface area (Å²) in [5, 5.41) is 9.24. The molecule has 1 heterocycles. The number of halogens is 1. The molecule has 0 radical (unpaired) electrons. The lowest BCUT2D eigenvalue weighted by Gasteiger charge is -1.98. The van der Waals surface area contributed by atoms with Crippen molar-refractivity contribution >= 4 is 10.9 Å². The highest BCUT2D eigenvalue weighted by Gasteiger charge is 2.04. The van der Waals surface area contributed by atoms with E-state index < -0.39 is 11.4 Å². The molecule has 1 aromatic heterocycles. The minimum absolute atomic E-state index is 0.333. The molecule has 3 nitrogen and oxygen atoms in total. The first-order valence-electron chi connectivity index (χ1n) is 3.94. The predicted molar refractivity (Wildman–Crippen MR) is 49.2 cm³/mol. The maximum Gasteiger partial charge on any atom is 0.284 e. The number of fused-ring (bicyclic) bond motifs is 1. The zero-order chi connectivity index (χ0) is 10.1. The third-order valence-electron chi connectivity index (χ3n) is 1.95. The third-order valence-corrected chi connectivity index (χ3v) is 1.95. The van der Waals surface area contributed by atoms with E-state index in [0.717, 1.165) is 6.07 Å². The molecule has 0 aliphatic carbocycles. The summed E-state index contributed by atoms with van der Waals surface area (Å²) in [7, 11) is 0. The minimum Gasteiger partial charge on any atom is -0.318 e. The lowest BCUT2D eigenvalue weighted by molar-refractivity contribution is 0.612. The molecule has 14 heavy (non-hydrogen) atoms. The summed E-state index contributed by atoms with van der Waals surface area (Å²) < 4.78 is 12.9. The molecule has 68 valence electrons. The molecule has 0 unspecified atom stereocenters. The largest absolute Gasteiger partial charge is 0.318 e. The van der Waals surface area contributed by atoms with Gasteiger partial charge in [-0.1, -0.05) is 12.1 Å². The number of aromatic amines is 1. The van der Waals surface area contributed by atoms with Crippen molar-refractivity contribution in [1.29, 1.82) is 5.26 Å². The summed E-state index contributed by atoms with van der Waals surface area (Å²) in [6.45, 7) is 0. The van der Waals surface area contributed by atoms with E-state index in [-0.39, 0.29) is 0 Å². The number of benzene rings is 1. The molecule has 0 saturated heterocycles. The van der Waals surface area contributed by atoms with Crippen LogP contribution in [0.5, 0.6) is 0 Å². The van der Waals surface area contributed by atoms with E-state index in [0.29, 0.717) is 16.5 Å². The molecule has 4 heteroatoms. The normalized spacial score (nSPS) is 10.0. The SMILES string of the molecule is N#Cc1cccc2cc(F)c(=O)[nH]c12. The van der Waals surface area contributed by atoms with Gasteiger partial charge in [-0.25, -0.2) is 4.39 Å². The zero-order valence-corrected chi connectivity index (χ0v) is 7.04. The Balaban J connectivity index is 2.97. The number of aromatic nitrogens is 1. The summed E-state index contributed by atoms with van der Waals surface area (Å²) >= 11 is 0. The average molecular weight is 188 g/mol. The molecule has 0 saturated carbocycles. The van der Waals surface area contributed by atoms with E-state index in [1.54, 1.807) is 18.2 Å². The standard InChI is InChI=1S/C10H5FN2O/c11-8-4-6-2-1-3-7(5-12)9(6)13-10(8)14/h1-4H,(H,13,14). The van der Waals surface area contributed by atoms with Crippen molar-refractivity contribution in [2.24, 2.45) is 0 Å². The van der Waals surface area contributed by atoms with Crippen molar-refractivity contribution < 1.29 is 4.39 Å². The van der Waals surface area contributed by atoms with Gasteiger partial charge in [-0.3, -0.25) is 4.79 Å².